The summed E-state index contributed by atoms with van der Waals surface area (Å²) in [5.41, 5.74) is -0.225. The quantitative estimate of drug-likeness (QED) is 0.654. The van der Waals surface area contributed by atoms with Gasteiger partial charge in [-0.05, 0) is 31.5 Å². The van der Waals surface area contributed by atoms with Crippen molar-refractivity contribution in [1.29, 1.82) is 0 Å². The first-order chi connectivity index (χ1) is 9.85. The molecule has 0 amide bonds. The van der Waals surface area contributed by atoms with Crippen molar-refractivity contribution in [3.05, 3.63) is 23.8 Å². The summed E-state index contributed by atoms with van der Waals surface area (Å²) in [6.45, 7) is 3.36. The molecule has 0 bridgehead atoms. The summed E-state index contributed by atoms with van der Waals surface area (Å²) in [7, 11) is -3.90. The third-order valence-electron chi connectivity index (χ3n) is 2.83. The lowest BCUT2D eigenvalue weighted by Gasteiger charge is -2.15. The lowest BCUT2D eigenvalue weighted by molar-refractivity contribution is 0.0692. The molecule has 0 aliphatic rings. The molecule has 1 aromatic carbocycles. The standard InChI is InChI=1S/C13H19NO6S/c1-3-9(8-15)14-21(18,19)10-5-6-12(20-4-2)11(7-10)13(16)17/h5-7,9,14-15H,3-4,8H2,1-2H3,(H,16,17). The fourth-order valence-corrected chi connectivity index (χ4v) is 3.00. The van der Waals surface area contributed by atoms with Crippen LogP contribution in [0.1, 0.15) is 30.6 Å². The minimum Gasteiger partial charge on any atom is -0.493 e. The van der Waals surface area contributed by atoms with Gasteiger partial charge in [0.1, 0.15) is 11.3 Å². The maximum Gasteiger partial charge on any atom is 0.339 e. The molecule has 1 aromatic rings. The molecule has 0 fully saturated rings. The number of aliphatic hydroxyl groups is 1. The highest BCUT2D eigenvalue weighted by molar-refractivity contribution is 7.89. The van der Waals surface area contributed by atoms with E-state index in [9.17, 15) is 13.2 Å². The average Bonchev–Trinajstić information content (AvgIpc) is 2.45. The van der Waals surface area contributed by atoms with Crippen LogP contribution in [0.15, 0.2) is 23.1 Å². The summed E-state index contributed by atoms with van der Waals surface area (Å²) in [6, 6.07) is 3.00. The van der Waals surface area contributed by atoms with Crippen molar-refractivity contribution in [2.75, 3.05) is 13.2 Å². The fourth-order valence-electron chi connectivity index (χ4n) is 1.66. The van der Waals surface area contributed by atoms with Crippen LogP contribution < -0.4 is 9.46 Å². The number of hydrogen-bond acceptors (Lipinski definition) is 5. The molecule has 0 radical (unpaired) electrons. The number of nitrogens with one attached hydrogen (secondary N) is 1. The third kappa shape index (κ3) is 4.42. The Bertz CT molecular complexity index is 595. The number of rotatable bonds is 8. The van der Waals surface area contributed by atoms with E-state index in [0.29, 0.717) is 6.42 Å². The lowest BCUT2D eigenvalue weighted by Crippen LogP contribution is -2.36. The van der Waals surface area contributed by atoms with Gasteiger partial charge in [0.25, 0.3) is 0 Å². The number of ether oxygens (including phenoxy) is 1. The van der Waals surface area contributed by atoms with Crippen molar-refractivity contribution < 1.29 is 28.2 Å². The number of benzene rings is 1. The second kappa shape index (κ2) is 7.39. The number of aliphatic hydroxyl groups excluding tert-OH is 1. The molecule has 0 saturated carbocycles. The summed E-state index contributed by atoms with van der Waals surface area (Å²) in [4.78, 5) is 11.0. The average molecular weight is 317 g/mol. The summed E-state index contributed by atoms with van der Waals surface area (Å²) < 4.78 is 31.8. The Kier molecular flexibility index (Phi) is 6.13. The highest BCUT2D eigenvalue weighted by Crippen LogP contribution is 2.23. The van der Waals surface area contributed by atoms with E-state index in [0.717, 1.165) is 6.07 Å². The maximum absolute atomic E-state index is 12.1. The van der Waals surface area contributed by atoms with E-state index in [4.69, 9.17) is 14.9 Å². The Hall–Kier alpha value is -1.64. The Labute approximate surface area is 123 Å². The topological polar surface area (TPSA) is 113 Å². The molecular formula is C13H19NO6S. The molecule has 21 heavy (non-hydrogen) atoms. The molecule has 0 aliphatic heterocycles. The monoisotopic (exact) mass is 317 g/mol. The van der Waals surface area contributed by atoms with Crippen LogP contribution in [0, 0.1) is 0 Å². The van der Waals surface area contributed by atoms with Gasteiger partial charge in [0.15, 0.2) is 0 Å². The van der Waals surface area contributed by atoms with Gasteiger partial charge in [0.2, 0.25) is 10.0 Å². The highest BCUT2D eigenvalue weighted by atomic mass is 32.2. The van der Waals surface area contributed by atoms with Crippen LogP contribution in [0.4, 0.5) is 0 Å². The second-order valence-electron chi connectivity index (χ2n) is 4.31. The van der Waals surface area contributed by atoms with Crippen LogP contribution in [0.3, 0.4) is 0 Å². The Morgan fingerprint density at radius 2 is 2.05 bits per heavy atom. The zero-order valence-corrected chi connectivity index (χ0v) is 12.7. The fraction of sp³-hybridized carbons (Fsp3) is 0.462. The molecule has 0 aromatic heterocycles. The van der Waals surface area contributed by atoms with Crippen molar-refractivity contribution in [3.63, 3.8) is 0 Å². The predicted octanol–water partition coefficient (Wildman–Crippen LogP) is 0.833. The number of carboxylic acids is 1. The molecule has 0 heterocycles. The van der Waals surface area contributed by atoms with E-state index >= 15 is 0 Å². The molecule has 0 spiro atoms. The van der Waals surface area contributed by atoms with Gasteiger partial charge < -0.3 is 14.9 Å². The number of sulfonamides is 1. The van der Waals surface area contributed by atoms with Crippen molar-refractivity contribution >= 4 is 16.0 Å². The molecule has 0 aliphatic carbocycles. The highest BCUT2D eigenvalue weighted by Gasteiger charge is 2.22. The molecule has 1 rings (SSSR count). The molecule has 8 heteroatoms. The molecular weight excluding hydrogens is 298 g/mol. The van der Waals surface area contributed by atoms with Crippen molar-refractivity contribution in [2.45, 2.75) is 31.2 Å². The second-order valence-corrected chi connectivity index (χ2v) is 6.02. The number of aromatic carboxylic acids is 1. The van der Waals surface area contributed by atoms with Gasteiger partial charge in [-0.3, -0.25) is 0 Å². The molecule has 7 nitrogen and oxygen atoms in total. The summed E-state index contributed by atoms with van der Waals surface area (Å²) in [5, 5.41) is 18.2. The van der Waals surface area contributed by atoms with Crippen LogP contribution in [-0.2, 0) is 10.0 Å². The van der Waals surface area contributed by atoms with Gasteiger partial charge in [-0.1, -0.05) is 6.92 Å². The van der Waals surface area contributed by atoms with E-state index in [1.54, 1.807) is 13.8 Å². The molecule has 1 unspecified atom stereocenters. The van der Waals surface area contributed by atoms with Gasteiger partial charge in [-0.2, -0.15) is 0 Å². The van der Waals surface area contributed by atoms with Gasteiger partial charge in [-0.15, -0.1) is 0 Å². The van der Waals surface area contributed by atoms with Gasteiger partial charge in [-0.25, -0.2) is 17.9 Å². The van der Waals surface area contributed by atoms with Gasteiger partial charge in [0.05, 0.1) is 18.1 Å². The first-order valence-electron chi connectivity index (χ1n) is 6.49. The predicted molar refractivity (Wildman–Crippen MR) is 76.1 cm³/mol. The first kappa shape index (κ1) is 17.4. The zero-order chi connectivity index (χ0) is 16.0. The number of carboxylic acid groups (broad SMARTS) is 1. The first-order valence-corrected chi connectivity index (χ1v) is 7.97. The van der Waals surface area contributed by atoms with Gasteiger partial charge >= 0.3 is 5.97 Å². The largest absolute Gasteiger partial charge is 0.493 e. The maximum atomic E-state index is 12.1. The minimum absolute atomic E-state index is 0.109. The minimum atomic E-state index is -3.90. The molecule has 1 atom stereocenters. The Morgan fingerprint density at radius 1 is 1.38 bits per heavy atom. The van der Waals surface area contributed by atoms with Crippen LogP contribution in [-0.4, -0.2) is 43.9 Å². The van der Waals surface area contributed by atoms with E-state index in [1.165, 1.54) is 12.1 Å². The summed E-state index contributed by atoms with van der Waals surface area (Å²) in [5.74, 6) is -1.16. The Morgan fingerprint density at radius 3 is 2.52 bits per heavy atom. The van der Waals surface area contributed by atoms with Crippen LogP contribution in [0.25, 0.3) is 0 Å². The summed E-state index contributed by atoms with van der Waals surface area (Å²) >= 11 is 0. The van der Waals surface area contributed by atoms with Crippen molar-refractivity contribution in [3.8, 4) is 5.75 Å². The lowest BCUT2D eigenvalue weighted by atomic mass is 10.2. The van der Waals surface area contributed by atoms with Crippen LogP contribution >= 0.6 is 0 Å². The van der Waals surface area contributed by atoms with E-state index in [-0.39, 0.29) is 29.4 Å². The molecule has 118 valence electrons. The zero-order valence-electron chi connectivity index (χ0n) is 11.9. The number of hydrogen-bond donors (Lipinski definition) is 3. The van der Waals surface area contributed by atoms with Gasteiger partial charge in [0, 0.05) is 6.04 Å². The summed E-state index contributed by atoms with van der Waals surface area (Å²) in [6.07, 6.45) is 0.415. The Balaban J connectivity index is 3.19. The van der Waals surface area contributed by atoms with Crippen LogP contribution in [0.2, 0.25) is 0 Å². The van der Waals surface area contributed by atoms with E-state index < -0.39 is 22.0 Å². The smallest absolute Gasteiger partial charge is 0.339 e. The van der Waals surface area contributed by atoms with Crippen LogP contribution in [0.5, 0.6) is 5.75 Å². The number of carbonyl (C=O) groups is 1. The van der Waals surface area contributed by atoms with Crippen molar-refractivity contribution in [1.82, 2.24) is 4.72 Å². The molecule has 3 N–H and O–H groups in total. The third-order valence-corrected chi connectivity index (χ3v) is 4.34. The van der Waals surface area contributed by atoms with Crippen molar-refractivity contribution in [2.24, 2.45) is 0 Å². The van der Waals surface area contributed by atoms with E-state index in [2.05, 4.69) is 4.72 Å². The molecule has 0 saturated heterocycles. The van der Waals surface area contributed by atoms with E-state index in [1.807, 2.05) is 0 Å². The SMILES string of the molecule is CCOc1ccc(S(=O)(=O)NC(CC)CO)cc1C(=O)O. The normalized spacial score (nSPS) is 12.9.